The fraction of sp³-hybridized carbons (Fsp3) is 0.143. The first kappa shape index (κ1) is 14.6. The molecule has 0 amide bonds. The van der Waals surface area contributed by atoms with Crippen LogP contribution in [0, 0.1) is 0 Å². The number of nitrogens with zero attached hydrogens (tertiary/aromatic N) is 1. The molecule has 1 heterocycles. The zero-order valence-corrected chi connectivity index (χ0v) is 12.2. The van der Waals surface area contributed by atoms with Crippen LogP contribution < -0.4 is 4.74 Å². The minimum Gasteiger partial charge on any atom is -0.486 e. The van der Waals surface area contributed by atoms with E-state index in [0.717, 1.165) is 0 Å². The first-order chi connectivity index (χ1) is 9.52. The van der Waals surface area contributed by atoms with Crippen molar-refractivity contribution in [2.75, 3.05) is 6.61 Å². The van der Waals surface area contributed by atoms with Crippen LogP contribution in [0.4, 0.5) is 0 Å². The van der Waals surface area contributed by atoms with E-state index >= 15 is 0 Å². The average Bonchev–Trinajstić information content (AvgIpc) is 2.70. The van der Waals surface area contributed by atoms with Gasteiger partial charge in [0.2, 0.25) is 0 Å². The van der Waals surface area contributed by atoms with Gasteiger partial charge in [-0.05, 0) is 30.7 Å². The lowest BCUT2D eigenvalue weighted by Gasteiger charge is -2.09. The molecule has 2 rings (SSSR count). The normalized spacial score (nSPS) is 16.1. The van der Waals surface area contributed by atoms with Gasteiger partial charge in [-0.3, -0.25) is 0 Å². The Labute approximate surface area is 126 Å². The molecule has 0 radical (unpaired) electrons. The Bertz CT molecular complexity index is 612. The van der Waals surface area contributed by atoms with E-state index in [9.17, 15) is 4.79 Å². The fourth-order valence-corrected chi connectivity index (χ4v) is 2.24. The molecule has 1 aromatic carbocycles. The summed E-state index contributed by atoms with van der Waals surface area (Å²) in [5.74, 6) is -0.114. The molecule has 0 saturated heterocycles. The topological polar surface area (TPSA) is 47.9 Å². The standard InChI is InChI=1S/C14H11Cl2NO3/c1-3-4-19-13-11(15)6-9(7-12(13)16)5-10-8(2)17-20-14(10)18/h3,5-7H,1,4H2,2H3/b10-5-. The van der Waals surface area contributed by atoms with E-state index in [2.05, 4.69) is 16.6 Å². The van der Waals surface area contributed by atoms with Crippen molar-refractivity contribution in [1.82, 2.24) is 0 Å². The van der Waals surface area contributed by atoms with Gasteiger partial charge in [0.15, 0.2) is 5.75 Å². The molecule has 0 spiro atoms. The van der Waals surface area contributed by atoms with E-state index in [1.165, 1.54) is 0 Å². The van der Waals surface area contributed by atoms with Gasteiger partial charge in [0, 0.05) is 0 Å². The number of halogens is 2. The minimum absolute atomic E-state index is 0.304. The van der Waals surface area contributed by atoms with Crippen molar-refractivity contribution >= 4 is 41.0 Å². The van der Waals surface area contributed by atoms with Gasteiger partial charge in [-0.1, -0.05) is 41.0 Å². The third kappa shape index (κ3) is 3.03. The van der Waals surface area contributed by atoms with Gasteiger partial charge < -0.3 is 9.57 Å². The molecule has 0 N–H and O–H groups in total. The Balaban J connectivity index is 2.36. The summed E-state index contributed by atoms with van der Waals surface area (Å²) in [6.45, 7) is 5.54. The first-order valence-corrected chi connectivity index (χ1v) is 6.49. The van der Waals surface area contributed by atoms with Crippen molar-refractivity contribution in [3.63, 3.8) is 0 Å². The number of hydrogen-bond donors (Lipinski definition) is 0. The molecule has 1 aliphatic rings. The highest BCUT2D eigenvalue weighted by molar-refractivity contribution is 6.37. The predicted octanol–water partition coefficient (Wildman–Crippen LogP) is 3.87. The third-order valence-corrected chi connectivity index (χ3v) is 3.11. The van der Waals surface area contributed by atoms with E-state index in [1.54, 1.807) is 31.2 Å². The molecule has 104 valence electrons. The molecule has 4 nitrogen and oxygen atoms in total. The molecule has 20 heavy (non-hydrogen) atoms. The Hall–Kier alpha value is -1.78. The number of oxime groups is 1. The lowest BCUT2D eigenvalue weighted by Crippen LogP contribution is -2.02. The van der Waals surface area contributed by atoms with E-state index in [4.69, 9.17) is 27.9 Å². The predicted molar refractivity (Wildman–Crippen MR) is 79.3 cm³/mol. The smallest absolute Gasteiger partial charge is 0.367 e. The fourth-order valence-electron chi connectivity index (χ4n) is 1.63. The summed E-state index contributed by atoms with van der Waals surface area (Å²) in [4.78, 5) is 16.0. The second-order valence-corrected chi connectivity index (χ2v) is 4.84. The molecule has 0 aliphatic carbocycles. The zero-order valence-electron chi connectivity index (χ0n) is 10.7. The van der Waals surface area contributed by atoms with Crippen molar-refractivity contribution in [2.45, 2.75) is 6.92 Å². The Morgan fingerprint density at radius 3 is 2.55 bits per heavy atom. The third-order valence-electron chi connectivity index (χ3n) is 2.55. The van der Waals surface area contributed by atoms with Gasteiger partial charge in [-0.25, -0.2) is 4.79 Å². The molecule has 1 aliphatic heterocycles. The zero-order chi connectivity index (χ0) is 14.7. The quantitative estimate of drug-likeness (QED) is 0.482. The molecular weight excluding hydrogens is 301 g/mol. The summed E-state index contributed by atoms with van der Waals surface area (Å²) >= 11 is 12.2. The van der Waals surface area contributed by atoms with E-state index in [-0.39, 0.29) is 0 Å². The maximum Gasteiger partial charge on any atom is 0.367 e. The lowest BCUT2D eigenvalue weighted by atomic mass is 10.1. The van der Waals surface area contributed by atoms with Crippen LogP contribution in [0.5, 0.6) is 5.75 Å². The summed E-state index contributed by atoms with van der Waals surface area (Å²) in [6.07, 6.45) is 3.21. The summed E-state index contributed by atoms with van der Waals surface area (Å²) < 4.78 is 5.37. The number of hydrogen-bond acceptors (Lipinski definition) is 4. The second-order valence-electron chi connectivity index (χ2n) is 4.03. The van der Waals surface area contributed by atoms with E-state index in [0.29, 0.717) is 39.2 Å². The second kappa shape index (κ2) is 6.11. The van der Waals surface area contributed by atoms with E-state index < -0.39 is 5.97 Å². The number of ether oxygens (including phenoxy) is 1. The molecule has 0 saturated carbocycles. The van der Waals surface area contributed by atoms with Crippen LogP contribution in [0.3, 0.4) is 0 Å². The molecule has 1 aromatic rings. The van der Waals surface area contributed by atoms with Crippen molar-refractivity contribution < 1.29 is 14.4 Å². The molecule has 0 unspecified atom stereocenters. The Morgan fingerprint density at radius 2 is 2.05 bits per heavy atom. The van der Waals surface area contributed by atoms with Gasteiger partial charge >= 0.3 is 5.97 Å². The average molecular weight is 312 g/mol. The molecule has 0 fully saturated rings. The molecular formula is C14H11Cl2NO3. The molecule has 0 atom stereocenters. The van der Waals surface area contributed by atoms with Crippen molar-refractivity contribution in [3.8, 4) is 5.75 Å². The van der Waals surface area contributed by atoms with Gasteiger partial charge in [0.1, 0.15) is 6.61 Å². The van der Waals surface area contributed by atoms with Crippen LogP contribution in [0.15, 0.2) is 35.5 Å². The summed E-state index contributed by atoms with van der Waals surface area (Å²) in [6, 6.07) is 3.30. The van der Waals surface area contributed by atoms with Gasteiger partial charge in [0.05, 0.1) is 21.3 Å². The highest BCUT2D eigenvalue weighted by atomic mass is 35.5. The minimum atomic E-state index is -0.498. The number of carbonyl (C=O) groups excluding carboxylic acids is 1. The number of carbonyl (C=O) groups is 1. The summed E-state index contributed by atoms with van der Waals surface area (Å²) in [7, 11) is 0. The SMILES string of the molecule is C=CCOc1c(Cl)cc(/C=C2\C(=O)ON=C2C)cc1Cl. The molecule has 0 bridgehead atoms. The van der Waals surface area contributed by atoms with Gasteiger partial charge in [-0.15, -0.1) is 0 Å². The highest BCUT2D eigenvalue weighted by Gasteiger charge is 2.22. The van der Waals surface area contributed by atoms with Gasteiger partial charge in [0.25, 0.3) is 0 Å². The van der Waals surface area contributed by atoms with Crippen LogP contribution >= 0.6 is 23.2 Å². The van der Waals surface area contributed by atoms with Gasteiger partial charge in [-0.2, -0.15) is 0 Å². The van der Waals surface area contributed by atoms with Crippen molar-refractivity contribution in [2.24, 2.45) is 5.16 Å². The summed E-state index contributed by atoms with van der Waals surface area (Å²) in [5, 5.41) is 4.30. The maximum absolute atomic E-state index is 11.5. The maximum atomic E-state index is 11.5. The molecule has 6 heteroatoms. The van der Waals surface area contributed by atoms with Crippen molar-refractivity contribution in [3.05, 3.63) is 46.0 Å². The Kier molecular flexibility index (Phi) is 4.47. The Morgan fingerprint density at radius 1 is 1.40 bits per heavy atom. The van der Waals surface area contributed by atoms with E-state index in [1.807, 2.05) is 0 Å². The highest BCUT2D eigenvalue weighted by Crippen LogP contribution is 2.35. The van der Waals surface area contributed by atoms with Crippen molar-refractivity contribution in [1.29, 1.82) is 0 Å². The summed E-state index contributed by atoms with van der Waals surface area (Å²) in [5.41, 5.74) is 1.54. The number of benzene rings is 1. The van der Waals surface area contributed by atoms with Crippen LogP contribution in [0.25, 0.3) is 6.08 Å². The van der Waals surface area contributed by atoms with Crippen LogP contribution in [0.1, 0.15) is 12.5 Å². The number of rotatable bonds is 4. The lowest BCUT2D eigenvalue weighted by molar-refractivity contribution is -0.136. The molecule has 0 aromatic heterocycles. The first-order valence-electron chi connectivity index (χ1n) is 5.73. The van der Waals surface area contributed by atoms with Crippen LogP contribution in [-0.4, -0.2) is 18.3 Å². The van der Waals surface area contributed by atoms with Crippen LogP contribution in [0.2, 0.25) is 10.0 Å². The largest absolute Gasteiger partial charge is 0.486 e. The van der Waals surface area contributed by atoms with Crippen LogP contribution in [-0.2, 0) is 9.63 Å². The monoisotopic (exact) mass is 311 g/mol.